The van der Waals surface area contributed by atoms with Gasteiger partial charge in [-0.1, -0.05) is 35.9 Å². The molecule has 2 aromatic carbocycles. The lowest BCUT2D eigenvalue weighted by Gasteiger charge is -2.22. The van der Waals surface area contributed by atoms with Gasteiger partial charge in [-0.3, -0.25) is 14.5 Å². The number of imide groups is 1. The maximum Gasteiger partial charge on any atom is 0.325 e. The molecule has 0 bridgehead atoms. The number of urea groups is 1. The van der Waals surface area contributed by atoms with Gasteiger partial charge in [0, 0.05) is 10.6 Å². The second-order valence-electron chi connectivity index (χ2n) is 6.01. The number of rotatable bonds is 4. The quantitative estimate of drug-likeness (QED) is 0.823. The summed E-state index contributed by atoms with van der Waals surface area (Å²) in [6.07, 6.45) is 0. The minimum absolute atomic E-state index is 0.104. The van der Waals surface area contributed by atoms with Crippen molar-refractivity contribution >= 4 is 29.4 Å². The number of benzene rings is 2. The molecular formula is C18H16ClN3O3. The average molecular weight is 358 g/mol. The summed E-state index contributed by atoms with van der Waals surface area (Å²) < 4.78 is 0. The van der Waals surface area contributed by atoms with Crippen molar-refractivity contribution in [2.45, 2.75) is 19.0 Å². The highest BCUT2D eigenvalue weighted by Crippen LogP contribution is 2.30. The highest BCUT2D eigenvalue weighted by Gasteiger charge is 2.48. The molecule has 1 aliphatic rings. The van der Waals surface area contributed by atoms with Gasteiger partial charge in [-0.15, -0.1) is 0 Å². The molecule has 6 nitrogen and oxygen atoms in total. The van der Waals surface area contributed by atoms with Gasteiger partial charge in [0.05, 0.1) is 6.54 Å². The highest BCUT2D eigenvalue weighted by atomic mass is 35.5. The molecule has 1 aliphatic heterocycles. The number of nitrogens with zero attached hydrogens (tertiary/aromatic N) is 1. The van der Waals surface area contributed by atoms with E-state index in [1.165, 1.54) is 0 Å². The van der Waals surface area contributed by atoms with Gasteiger partial charge in [-0.2, -0.15) is 0 Å². The molecule has 128 valence electrons. The van der Waals surface area contributed by atoms with Crippen LogP contribution in [0.2, 0.25) is 5.02 Å². The molecule has 1 saturated heterocycles. The summed E-state index contributed by atoms with van der Waals surface area (Å²) in [6.45, 7) is 1.76. The van der Waals surface area contributed by atoms with E-state index in [1.54, 1.807) is 55.5 Å². The predicted molar refractivity (Wildman–Crippen MR) is 92.8 cm³/mol. The van der Waals surface area contributed by atoms with Crippen LogP contribution in [-0.4, -0.2) is 22.7 Å². The van der Waals surface area contributed by atoms with E-state index in [1.807, 2.05) is 0 Å². The third kappa shape index (κ3) is 3.08. The number of carbonyl (C=O) groups is 3. The summed E-state index contributed by atoms with van der Waals surface area (Å²) in [7, 11) is 0. The van der Waals surface area contributed by atoms with E-state index in [9.17, 15) is 14.4 Å². The minimum atomic E-state index is -1.14. The van der Waals surface area contributed by atoms with Crippen LogP contribution >= 0.6 is 11.6 Å². The van der Waals surface area contributed by atoms with E-state index in [0.717, 1.165) is 4.90 Å². The lowest BCUT2D eigenvalue weighted by Crippen LogP contribution is -2.40. The van der Waals surface area contributed by atoms with Crippen LogP contribution in [0.25, 0.3) is 0 Å². The minimum Gasteiger partial charge on any atom is -0.366 e. The Morgan fingerprint density at radius 2 is 1.72 bits per heavy atom. The molecule has 7 heteroatoms. The van der Waals surface area contributed by atoms with Crippen LogP contribution in [0.4, 0.5) is 4.79 Å². The van der Waals surface area contributed by atoms with Gasteiger partial charge >= 0.3 is 6.03 Å². The molecule has 2 aromatic rings. The predicted octanol–water partition coefficient (Wildman–Crippen LogP) is 2.41. The Labute approximate surface area is 149 Å². The Hall–Kier alpha value is -2.86. The zero-order valence-corrected chi connectivity index (χ0v) is 14.2. The van der Waals surface area contributed by atoms with Crippen molar-refractivity contribution in [3.05, 3.63) is 70.2 Å². The number of amides is 4. The van der Waals surface area contributed by atoms with Crippen molar-refractivity contribution in [1.29, 1.82) is 0 Å². The fourth-order valence-corrected chi connectivity index (χ4v) is 2.90. The molecule has 1 heterocycles. The molecule has 3 N–H and O–H groups in total. The van der Waals surface area contributed by atoms with E-state index < -0.39 is 17.5 Å². The van der Waals surface area contributed by atoms with Crippen molar-refractivity contribution in [2.24, 2.45) is 5.73 Å². The Morgan fingerprint density at radius 3 is 2.28 bits per heavy atom. The first-order valence-corrected chi connectivity index (χ1v) is 7.98. The van der Waals surface area contributed by atoms with E-state index in [2.05, 4.69) is 5.32 Å². The van der Waals surface area contributed by atoms with E-state index in [4.69, 9.17) is 17.3 Å². The van der Waals surface area contributed by atoms with Crippen LogP contribution in [0, 0.1) is 0 Å². The number of halogens is 1. The zero-order chi connectivity index (χ0) is 18.2. The maximum absolute atomic E-state index is 12.8. The van der Waals surface area contributed by atoms with Crippen molar-refractivity contribution in [1.82, 2.24) is 10.2 Å². The molecular weight excluding hydrogens is 342 g/mol. The fourth-order valence-electron chi connectivity index (χ4n) is 2.78. The Morgan fingerprint density at radius 1 is 1.12 bits per heavy atom. The van der Waals surface area contributed by atoms with Gasteiger partial charge < -0.3 is 11.1 Å². The van der Waals surface area contributed by atoms with Crippen LogP contribution in [-0.2, 0) is 16.9 Å². The maximum atomic E-state index is 12.8. The van der Waals surface area contributed by atoms with E-state index in [-0.39, 0.29) is 12.5 Å². The molecule has 0 radical (unpaired) electrons. The van der Waals surface area contributed by atoms with E-state index >= 15 is 0 Å². The molecule has 0 saturated carbocycles. The number of hydrogen-bond acceptors (Lipinski definition) is 3. The van der Waals surface area contributed by atoms with Gasteiger partial charge in [0.1, 0.15) is 5.54 Å². The summed E-state index contributed by atoms with van der Waals surface area (Å²) in [5, 5.41) is 3.29. The number of nitrogens with two attached hydrogens (primary N) is 1. The molecule has 0 aromatic heterocycles. The van der Waals surface area contributed by atoms with Gasteiger partial charge in [-0.25, -0.2) is 4.79 Å². The first kappa shape index (κ1) is 17.0. The Balaban J connectivity index is 1.83. The summed E-state index contributed by atoms with van der Waals surface area (Å²) in [6, 6.07) is 12.8. The van der Waals surface area contributed by atoms with E-state index in [0.29, 0.717) is 21.7 Å². The summed E-state index contributed by atoms with van der Waals surface area (Å²) in [5.41, 5.74) is 5.80. The Bertz CT molecular complexity index is 849. The topological polar surface area (TPSA) is 92.5 Å². The third-order valence-electron chi connectivity index (χ3n) is 4.28. The average Bonchev–Trinajstić information content (AvgIpc) is 2.80. The number of primary amides is 1. The smallest absolute Gasteiger partial charge is 0.325 e. The van der Waals surface area contributed by atoms with Gasteiger partial charge in [-0.05, 0) is 42.3 Å². The lowest BCUT2D eigenvalue weighted by molar-refractivity contribution is -0.131. The first-order chi connectivity index (χ1) is 11.8. The lowest BCUT2D eigenvalue weighted by atomic mass is 9.92. The molecule has 25 heavy (non-hydrogen) atoms. The third-order valence-corrected chi connectivity index (χ3v) is 4.53. The van der Waals surface area contributed by atoms with Gasteiger partial charge in [0.2, 0.25) is 5.91 Å². The fraction of sp³-hybridized carbons (Fsp3) is 0.167. The van der Waals surface area contributed by atoms with Crippen molar-refractivity contribution < 1.29 is 14.4 Å². The molecule has 1 unspecified atom stereocenters. The van der Waals surface area contributed by atoms with Crippen LogP contribution in [0.3, 0.4) is 0 Å². The molecule has 4 amide bonds. The number of carbonyl (C=O) groups excluding carboxylic acids is 3. The molecule has 3 rings (SSSR count). The highest BCUT2D eigenvalue weighted by molar-refractivity contribution is 6.30. The van der Waals surface area contributed by atoms with Crippen molar-refractivity contribution in [2.75, 3.05) is 0 Å². The standard InChI is InChI=1S/C18H16ClN3O3/c1-18(13-6-8-14(19)9-7-13)16(24)22(17(25)21-18)10-11-2-4-12(5-3-11)15(20)23/h2-9H,10H2,1H3,(H2,20,23)(H,21,25). The van der Waals surface area contributed by atoms with Crippen molar-refractivity contribution in [3.63, 3.8) is 0 Å². The van der Waals surface area contributed by atoms with Crippen LogP contribution in [0.15, 0.2) is 48.5 Å². The van der Waals surface area contributed by atoms with Gasteiger partial charge in [0.25, 0.3) is 5.91 Å². The SMILES string of the molecule is CC1(c2ccc(Cl)cc2)NC(=O)N(Cc2ccc(C(N)=O)cc2)C1=O. The monoisotopic (exact) mass is 357 g/mol. The summed E-state index contributed by atoms with van der Waals surface area (Å²) in [5.74, 6) is -0.879. The first-order valence-electron chi connectivity index (χ1n) is 7.60. The van der Waals surface area contributed by atoms with Crippen LogP contribution in [0.1, 0.15) is 28.4 Å². The molecule has 0 spiro atoms. The number of nitrogens with one attached hydrogen (secondary N) is 1. The Kier molecular flexibility index (Phi) is 4.22. The van der Waals surface area contributed by atoms with Crippen LogP contribution < -0.4 is 11.1 Å². The zero-order valence-electron chi connectivity index (χ0n) is 13.5. The normalized spacial score (nSPS) is 19.8. The largest absolute Gasteiger partial charge is 0.366 e. The second-order valence-corrected chi connectivity index (χ2v) is 6.45. The van der Waals surface area contributed by atoms with Gasteiger partial charge in [0.15, 0.2) is 0 Å². The van der Waals surface area contributed by atoms with Crippen LogP contribution in [0.5, 0.6) is 0 Å². The molecule has 1 atom stereocenters. The second kappa shape index (κ2) is 6.22. The van der Waals surface area contributed by atoms with Crippen molar-refractivity contribution in [3.8, 4) is 0 Å². The summed E-state index contributed by atoms with van der Waals surface area (Å²) >= 11 is 5.88. The number of hydrogen-bond donors (Lipinski definition) is 2. The molecule has 0 aliphatic carbocycles. The molecule has 1 fully saturated rings. The summed E-state index contributed by atoms with van der Waals surface area (Å²) in [4.78, 5) is 37.4.